The SMILES string of the molecule is C[C@H](Oc1ccc(F)cc1Br)C(=O)N[C@@H](C)c1ccc(F)cc1. The van der Waals surface area contributed by atoms with E-state index >= 15 is 0 Å². The molecule has 0 aliphatic carbocycles. The van der Waals surface area contributed by atoms with Crippen LogP contribution < -0.4 is 10.1 Å². The van der Waals surface area contributed by atoms with E-state index in [1.807, 2.05) is 0 Å². The van der Waals surface area contributed by atoms with Crippen molar-refractivity contribution >= 4 is 21.8 Å². The Hall–Kier alpha value is -1.95. The lowest BCUT2D eigenvalue weighted by atomic mass is 10.1. The van der Waals surface area contributed by atoms with Gasteiger partial charge in [-0.25, -0.2) is 8.78 Å². The number of carbonyl (C=O) groups is 1. The van der Waals surface area contributed by atoms with Crippen molar-refractivity contribution in [1.29, 1.82) is 0 Å². The van der Waals surface area contributed by atoms with Gasteiger partial charge in [0, 0.05) is 0 Å². The second kappa shape index (κ2) is 7.55. The number of amides is 1. The van der Waals surface area contributed by atoms with E-state index in [2.05, 4.69) is 21.2 Å². The average Bonchev–Trinajstić information content (AvgIpc) is 2.50. The molecule has 2 rings (SSSR count). The summed E-state index contributed by atoms with van der Waals surface area (Å²) >= 11 is 3.19. The molecule has 0 saturated heterocycles. The van der Waals surface area contributed by atoms with Gasteiger partial charge < -0.3 is 10.1 Å². The van der Waals surface area contributed by atoms with E-state index in [0.29, 0.717) is 10.2 Å². The summed E-state index contributed by atoms with van der Waals surface area (Å²) < 4.78 is 31.9. The first-order valence-electron chi connectivity index (χ1n) is 7.04. The fourth-order valence-corrected chi connectivity index (χ4v) is 2.42. The molecule has 0 bridgehead atoms. The third-order valence-electron chi connectivity index (χ3n) is 3.30. The maximum absolute atomic E-state index is 13.0. The monoisotopic (exact) mass is 383 g/mol. The maximum atomic E-state index is 13.0. The topological polar surface area (TPSA) is 38.3 Å². The second-order valence-corrected chi connectivity index (χ2v) is 5.97. The van der Waals surface area contributed by atoms with Crippen LogP contribution in [0.2, 0.25) is 0 Å². The summed E-state index contributed by atoms with van der Waals surface area (Å²) in [6, 6.07) is 9.59. The lowest BCUT2D eigenvalue weighted by molar-refractivity contribution is -0.127. The summed E-state index contributed by atoms with van der Waals surface area (Å²) in [5.74, 6) is -0.669. The minimum atomic E-state index is -0.764. The standard InChI is InChI=1S/C17H16BrF2NO2/c1-10(12-3-5-13(19)6-4-12)21-17(22)11(2)23-16-8-7-14(20)9-15(16)18/h3-11H,1-2H3,(H,21,22)/t10-,11-/m0/s1. The van der Waals surface area contributed by atoms with Gasteiger partial charge in [-0.05, 0) is 65.7 Å². The Kier molecular flexibility index (Phi) is 5.71. The van der Waals surface area contributed by atoms with Crippen molar-refractivity contribution in [1.82, 2.24) is 5.32 Å². The zero-order valence-corrected chi connectivity index (χ0v) is 14.2. The summed E-state index contributed by atoms with van der Waals surface area (Å²) in [7, 11) is 0. The molecule has 3 nitrogen and oxygen atoms in total. The summed E-state index contributed by atoms with van der Waals surface area (Å²) in [5, 5.41) is 2.79. The number of carbonyl (C=O) groups excluding carboxylic acids is 1. The van der Waals surface area contributed by atoms with Crippen LogP contribution in [0, 0.1) is 11.6 Å². The normalized spacial score (nSPS) is 13.3. The van der Waals surface area contributed by atoms with E-state index in [4.69, 9.17) is 4.74 Å². The number of ether oxygens (including phenoxy) is 1. The van der Waals surface area contributed by atoms with E-state index in [0.717, 1.165) is 5.56 Å². The summed E-state index contributed by atoms with van der Waals surface area (Å²) in [5.41, 5.74) is 0.787. The number of halogens is 3. The Morgan fingerprint density at radius 3 is 2.30 bits per heavy atom. The molecule has 0 fully saturated rings. The molecule has 2 atom stereocenters. The maximum Gasteiger partial charge on any atom is 0.261 e. The largest absolute Gasteiger partial charge is 0.480 e. The van der Waals surface area contributed by atoms with Crippen LogP contribution >= 0.6 is 15.9 Å². The lowest BCUT2D eigenvalue weighted by Crippen LogP contribution is -2.37. The van der Waals surface area contributed by atoms with Crippen molar-refractivity contribution in [2.24, 2.45) is 0 Å². The predicted octanol–water partition coefficient (Wildman–Crippen LogP) is 4.37. The van der Waals surface area contributed by atoms with E-state index in [1.54, 1.807) is 26.0 Å². The molecule has 0 heterocycles. The molecule has 2 aromatic carbocycles. The lowest BCUT2D eigenvalue weighted by Gasteiger charge is -2.19. The molecule has 2 aromatic rings. The molecular formula is C17H16BrF2NO2. The van der Waals surface area contributed by atoms with E-state index in [1.165, 1.54) is 30.3 Å². The Bertz CT molecular complexity index is 691. The highest BCUT2D eigenvalue weighted by molar-refractivity contribution is 9.10. The quantitative estimate of drug-likeness (QED) is 0.832. The predicted molar refractivity (Wildman–Crippen MR) is 87.1 cm³/mol. The van der Waals surface area contributed by atoms with Gasteiger partial charge in [0.2, 0.25) is 0 Å². The minimum Gasteiger partial charge on any atom is -0.480 e. The number of nitrogens with one attached hydrogen (secondary N) is 1. The van der Waals surface area contributed by atoms with Crippen LogP contribution in [-0.4, -0.2) is 12.0 Å². The molecular weight excluding hydrogens is 368 g/mol. The molecule has 0 aliphatic rings. The summed E-state index contributed by atoms with van der Waals surface area (Å²) in [4.78, 5) is 12.2. The Morgan fingerprint density at radius 1 is 1.09 bits per heavy atom. The second-order valence-electron chi connectivity index (χ2n) is 5.12. The number of hydrogen-bond acceptors (Lipinski definition) is 2. The number of hydrogen-bond donors (Lipinski definition) is 1. The Balaban J connectivity index is 1.98. The molecule has 0 radical (unpaired) electrons. The van der Waals surface area contributed by atoms with Crippen molar-refractivity contribution in [3.63, 3.8) is 0 Å². The third kappa shape index (κ3) is 4.76. The molecule has 0 unspecified atom stereocenters. The zero-order chi connectivity index (χ0) is 17.0. The van der Waals surface area contributed by atoms with Crippen LogP contribution in [0.15, 0.2) is 46.9 Å². The van der Waals surface area contributed by atoms with Crippen molar-refractivity contribution in [3.8, 4) is 5.75 Å². The van der Waals surface area contributed by atoms with Crippen LogP contribution in [0.1, 0.15) is 25.5 Å². The van der Waals surface area contributed by atoms with Gasteiger partial charge in [-0.3, -0.25) is 4.79 Å². The number of rotatable bonds is 5. The van der Waals surface area contributed by atoms with Crippen LogP contribution in [-0.2, 0) is 4.79 Å². The summed E-state index contributed by atoms with van der Waals surface area (Å²) in [6.45, 7) is 3.40. The first-order chi connectivity index (χ1) is 10.9. The summed E-state index contributed by atoms with van der Waals surface area (Å²) in [6.07, 6.45) is -0.764. The van der Waals surface area contributed by atoms with Crippen LogP contribution in [0.3, 0.4) is 0 Å². The Labute approximate surface area is 141 Å². The van der Waals surface area contributed by atoms with E-state index in [-0.39, 0.29) is 17.8 Å². The first kappa shape index (κ1) is 17.4. The van der Waals surface area contributed by atoms with Crippen molar-refractivity contribution in [2.75, 3.05) is 0 Å². The van der Waals surface area contributed by atoms with Gasteiger partial charge in [0.1, 0.15) is 17.4 Å². The van der Waals surface area contributed by atoms with Gasteiger partial charge >= 0.3 is 0 Å². The van der Waals surface area contributed by atoms with Crippen LogP contribution in [0.5, 0.6) is 5.75 Å². The Morgan fingerprint density at radius 2 is 1.70 bits per heavy atom. The van der Waals surface area contributed by atoms with E-state index in [9.17, 15) is 13.6 Å². The highest BCUT2D eigenvalue weighted by Crippen LogP contribution is 2.26. The van der Waals surface area contributed by atoms with Gasteiger partial charge in [0.05, 0.1) is 10.5 Å². The average molecular weight is 384 g/mol. The van der Waals surface area contributed by atoms with Crippen molar-refractivity contribution < 1.29 is 18.3 Å². The zero-order valence-electron chi connectivity index (χ0n) is 12.6. The molecule has 0 saturated carbocycles. The molecule has 0 spiro atoms. The molecule has 6 heteroatoms. The van der Waals surface area contributed by atoms with Gasteiger partial charge in [0.15, 0.2) is 6.10 Å². The molecule has 122 valence electrons. The number of benzene rings is 2. The van der Waals surface area contributed by atoms with Crippen LogP contribution in [0.4, 0.5) is 8.78 Å². The third-order valence-corrected chi connectivity index (χ3v) is 3.92. The fraction of sp³-hybridized carbons (Fsp3) is 0.235. The van der Waals surface area contributed by atoms with Crippen molar-refractivity contribution in [3.05, 3.63) is 64.1 Å². The molecule has 0 aromatic heterocycles. The van der Waals surface area contributed by atoms with Gasteiger partial charge in [-0.2, -0.15) is 0 Å². The van der Waals surface area contributed by atoms with E-state index < -0.39 is 11.9 Å². The van der Waals surface area contributed by atoms with Crippen molar-refractivity contribution in [2.45, 2.75) is 26.0 Å². The fourth-order valence-electron chi connectivity index (χ4n) is 1.98. The van der Waals surface area contributed by atoms with Gasteiger partial charge in [0.25, 0.3) is 5.91 Å². The van der Waals surface area contributed by atoms with Gasteiger partial charge in [-0.1, -0.05) is 12.1 Å². The smallest absolute Gasteiger partial charge is 0.261 e. The minimum absolute atomic E-state index is 0.286. The molecule has 1 N–H and O–H groups in total. The molecule has 23 heavy (non-hydrogen) atoms. The van der Waals surface area contributed by atoms with Gasteiger partial charge in [-0.15, -0.1) is 0 Å². The molecule has 0 aliphatic heterocycles. The highest BCUT2D eigenvalue weighted by Gasteiger charge is 2.18. The van der Waals surface area contributed by atoms with Crippen LogP contribution in [0.25, 0.3) is 0 Å². The molecule has 1 amide bonds. The first-order valence-corrected chi connectivity index (χ1v) is 7.83. The highest BCUT2D eigenvalue weighted by atomic mass is 79.9.